The topological polar surface area (TPSA) is 108 Å². The van der Waals surface area contributed by atoms with E-state index in [1.54, 1.807) is 27.7 Å². The Bertz CT molecular complexity index is 679. The molecule has 2 unspecified atom stereocenters. The van der Waals surface area contributed by atoms with E-state index in [-0.39, 0.29) is 69.5 Å². The van der Waals surface area contributed by atoms with Gasteiger partial charge in [0.15, 0.2) is 5.40 Å². The lowest BCUT2D eigenvalue weighted by molar-refractivity contribution is -0.139. The zero-order valence-electron chi connectivity index (χ0n) is 18.9. The van der Waals surface area contributed by atoms with Gasteiger partial charge in [-0.3, -0.25) is 23.6 Å². The fraction of sp³-hybridized carbons (Fsp3) is 0.800. The highest BCUT2D eigenvalue weighted by Crippen LogP contribution is 2.71. The molecule has 0 saturated carbocycles. The molecule has 0 aromatic heterocycles. The summed E-state index contributed by atoms with van der Waals surface area (Å²) in [5, 5.41) is -1.14. The summed E-state index contributed by atoms with van der Waals surface area (Å²) in [6.45, 7) is 7.25. The van der Waals surface area contributed by atoms with Crippen molar-refractivity contribution in [2.75, 3.05) is 33.0 Å². The van der Waals surface area contributed by atoms with Gasteiger partial charge in [0.2, 0.25) is 11.8 Å². The van der Waals surface area contributed by atoms with E-state index < -0.39 is 20.6 Å². The molecule has 31 heavy (non-hydrogen) atoms. The summed E-state index contributed by atoms with van der Waals surface area (Å²) < 4.78 is 48.9. The SMILES string of the molecule is CCOP(=O)(OCC)C(CCCN1C(=O)C2CC=CCC2C1=O)P(=O)(OCC)OCC. The van der Waals surface area contributed by atoms with E-state index in [2.05, 4.69) is 0 Å². The van der Waals surface area contributed by atoms with Crippen LogP contribution in [-0.2, 0) is 36.8 Å². The van der Waals surface area contributed by atoms with Crippen LogP contribution in [0.4, 0.5) is 0 Å². The molecule has 2 atom stereocenters. The van der Waals surface area contributed by atoms with Crippen LogP contribution in [0.1, 0.15) is 53.4 Å². The molecule has 2 rings (SSSR count). The number of nitrogens with zero attached hydrogens (tertiary/aromatic N) is 1. The standard InChI is InChI=1S/C20H35NO8P2/c1-5-26-30(24,27-6-2)18(31(25,28-7-3)29-8-4)14-11-15-21-19(22)16-12-9-10-13-17(16)20(21)23/h9-10,16-18H,5-8,11-15H2,1-4H3. The number of hydrogen-bond donors (Lipinski definition) is 0. The number of imide groups is 1. The van der Waals surface area contributed by atoms with Crippen molar-refractivity contribution < 1.29 is 36.8 Å². The van der Waals surface area contributed by atoms with Gasteiger partial charge in [-0.15, -0.1) is 0 Å². The maximum Gasteiger partial charge on any atom is 0.345 e. The van der Waals surface area contributed by atoms with Crippen molar-refractivity contribution >= 4 is 27.0 Å². The average molecular weight is 479 g/mol. The summed E-state index contributed by atoms with van der Waals surface area (Å²) in [4.78, 5) is 26.7. The molecule has 1 heterocycles. The summed E-state index contributed by atoms with van der Waals surface area (Å²) >= 11 is 0. The number of hydrogen-bond acceptors (Lipinski definition) is 8. The smallest absolute Gasteiger partial charge is 0.308 e. The highest BCUT2D eigenvalue weighted by molar-refractivity contribution is 7.72. The van der Waals surface area contributed by atoms with Crippen molar-refractivity contribution in [2.45, 2.75) is 58.8 Å². The highest BCUT2D eigenvalue weighted by Gasteiger charge is 2.51. The van der Waals surface area contributed by atoms with Crippen LogP contribution < -0.4 is 0 Å². The van der Waals surface area contributed by atoms with Gasteiger partial charge in [-0.1, -0.05) is 12.2 Å². The van der Waals surface area contributed by atoms with Gasteiger partial charge in [0.1, 0.15) is 0 Å². The Balaban J connectivity index is 2.19. The van der Waals surface area contributed by atoms with Crippen LogP contribution in [0.25, 0.3) is 0 Å². The molecular formula is C20H35NO8P2. The van der Waals surface area contributed by atoms with Gasteiger partial charge in [0, 0.05) is 6.54 Å². The molecule has 0 aromatic rings. The molecule has 11 heteroatoms. The number of rotatable bonds is 14. The van der Waals surface area contributed by atoms with Gasteiger partial charge >= 0.3 is 15.2 Å². The predicted molar refractivity (Wildman–Crippen MR) is 117 cm³/mol. The van der Waals surface area contributed by atoms with Crippen molar-refractivity contribution in [2.24, 2.45) is 11.8 Å². The Morgan fingerprint density at radius 2 is 1.23 bits per heavy atom. The van der Waals surface area contributed by atoms with E-state index in [0.717, 1.165) is 0 Å². The molecule has 0 N–H and O–H groups in total. The Kier molecular flexibility index (Phi) is 10.1. The van der Waals surface area contributed by atoms with Crippen LogP contribution in [-0.4, -0.2) is 55.1 Å². The second-order valence-electron chi connectivity index (χ2n) is 7.36. The number of carbonyl (C=O) groups is 2. The van der Waals surface area contributed by atoms with Crippen LogP contribution in [0.5, 0.6) is 0 Å². The lowest BCUT2D eigenvalue weighted by atomic mass is 9.85. The van der Waals surface area contributed by atoms with Gasteiger partial charge in [-0.25, -0.2) is 0 Å². The summed E-state index contributed by atoms with van der Waals surface area (Å²) in [7, 11) is -7.68. The van der Waals surface area contributed by atoms with E-state index >= 15 is 0 Å². The van der Waals surface area contributed by atoms with Crippen LogP contribution in [0.2, 0.25) is 0 Å². The number of fused-ring (bicyclic) bond motifs is 1. The van der Waals surface area contributed by atoms with Crippen molar-refractivity contribution in [1.82, 2.24) is 4.90 Å². The van der Waals surface area contributed by atoms with Crippen LogP contribution >= 0.6 is 15.2 Å². The first-order valence-electron chi connectivity index (χ1n) is 11.1. The Morgan fingerprint density at radius 1 is 0.839 bits per heavy atom. The molecule has 1 fully saturated rings. The molecule has 0 radical (unpaired) electrons. The third kappa shape index (κ3) is 5.95. The molecule has 2 amide bonds. The lowest BCUT2D eigenvalue weighted by Gasteiger charge is -2.31. The average Bonchev–Trinajstić information content (AvgIpc) is 2.96. The van der Waals surface area contributed by atoms with Crippen LogP contribution in [0.15, 0.2) is 12.2 Å². The van der Waals surface area contributed by atoms with E-state index in [0.29, 0.717) is 12.8 Å². The first-order valence-corrected chi connectivity index (χ1v) is 14.3. The summed E-state index contributed by atoms with van der Waals surface area (Å²) in [6, 6.07) is 0. The summed E-state index contributed by atoms with van der Waals surface area (Å²) in [5.41, 5.74) is 0. The first kappa shape index (κ1) is 26.4. The Morgan fingerprint density at radius 3 is 1.58 bits per heavy atom. The van der Waals surface area contributed by atoms with Crippen LogP contribution in [0, 0.1) is 11.8 Å². The zero-order valence-corrected chi connectivity index (χ0v) is 20.6. The minimum atomic E-state index is -3.84. The lowest BCUT2D eigenvalue weighted by Crippen LogP contribution is -2.32. The maximum atomic E-state index is 13.5. The maximum absolute atomic E-state index is 13.5. The molecule has 0 spiro atoms. The van der Waals surface area contributed by atoms with E-state index in [1.807, 2.05) is 12.2 Å². The van der Waals surface area contributed by atoms with E-state index in [4.69, 9.17) is 18.1 Å². The molecule has 178 valence electrons. The summed E-state index contributed by atoms with van der Waals surface area (Å²) in [5.74, 6) is -0.952. The molecule has 2 aliphatic rings. The van der Waals surface area contributed by atoms with Crippen LogP contribution in [0.3, 0.4) is 0 Å². The van der Waals surface area contributed by atoms with Gasteiger partial charge in [-0.05, 0) is 53.4 Å². The van der Waals surface area contributed by atoms with Gasteiger partial charge in [-0.2, -0.15) is 0 Å². The van der Waals surface area contributed by atoms with E-state index in [9.17, 15) is 18.7 Å². The van der Waals surface area contributed by atoms with Gasteiger partial charge < -0.3 is 18.1 Å². The number of amides is 2. The molecule has 9 nitrogen and oxygen atoms in total. The number of allylic oxidation sites excluding steroid dienone is 2. The third-order valence-corrected chi connectivity index (χ3v) is 11.6. The Hall–Kier alpha value is -0.820. The molecule has 0 aromatic carbocycles. The quantitative estimate of drug-likeness (QED) is 0.202. The van der Waals surface area contributed by atoms with Crippen molar-refractivity contribution in [3.63, 3.8) is 0 Å². The third-order valence-electron chi connectivity index (χ3n) is 5.41. The molecular weight excluding hydrogens is 444 g/mol. The fourth-order valence-corrected chi connectivity index (χ4v) is 9.61. The number of carbonyl (C=O) groups excluding carboxylic acids is 2. The van der Waals surface area contributed by atoms with Gasteiger partial charge in [0.25, 0.3) is 0 Å². The minimum absolute atomic E-state index is 0.0964. The second-order valence-corrected chi connectivity index (χ2v) is 12.2. The van der Waals surface area contributed by atoms with Crippen molar-refractivity contribution in [3.8, 4) is 0 Å². The predicted octanol–water partition coefficient (Wildman–Crippen LogP) is 4.58. The molecule has 1 aliphatic heterocycles. The molecule has 1 aliphatic carbocycles. The largest absolute Gasteiger partial charge is 0.345 e. The first-order chi connectivity index (χ1) is 14.8. The molecule has 0 bridgehead atoms. The van der Waals surface area contributed by atoms with Crippen molar-refractivity contribution in [3.05, 3.63) is 12.2 Å². The summed E-state index contributed by atoms with van der Waals surface area (Å²) in [6.07, 6.45) is 5.40. The monoisotopic (exact) mass is 479 g/mol. The minimum Gasteiger partial charge on any atom is -0.308 e. The van der Waals surface area contributed by atoms with Crippen molar-refractivity contribution in [1.29, 1.82) is 0 Å². The molecule has 1 saturated heterocycles. The Labute approximate surface area is 184 Å². The fourth-order valence-electron chi connectivity index (χ4n) is 4.15. The van der Waals surface area contributed by atoms with Gasteiger partial charge in [0.05, 0.1) is 38.3 Å². The highest BCUT2D eigenvalue weighted by atomic mass is 31.2. The zero-order chi connectivity index (χ0) is 23.1. The number of likely N-dealkylation sites (tertiary alicyclic amines) is 1. The van der Waals surface area contributed by atoms with E-state index in [1.165, 1.54) is 4.90 Å². The normalized spacial score (nSPS) is 21.9. The second kappa shape index (κ2) is 11.9.